The molecule has 0 N–H and O–H groups in total. The second-order valence-electron chi connectivity index (χ2n) is 5.82. The van der Waals surface area contributed by atoms with E-state index in [9.17, 15) is 4.79 Å². The van der Waals surface area contributed by atoms with Gasteiger partial charge in [-0.15, -0.1) is 0 Å². The summed E-state index contributed by atoms with van der Waals surface area (Å²) in [6, 6.07) is 7.42. The molecular weight excluding hydrogens is 288 g/mol. The van der Waals surface area contributed by atoms with Crippen LogP contribution in [-0.2, 0) is 0 Å². The Morgan fingerprint density at radius 2 is 2.14 bits per heavy atom. The third-order valence-corrected chi connectivity index (χ3v) is 4.39. The van der Waals surface area contributed by atoms with Gasteiger partial charge in [-0.1, -0.05) is 11.6 Å². The van der Waals surface area contributed by atoms with Crippen LogP contribution in [0.3, 0.4) is 0 Å². The third-order valence-electron chi connectivity index (χ3n) is 4.15. The molecule has 2 heterocycles. The minimum absolute atomic E-state index is 0.0504. The predicted molar refractivity (Wildman–Crippen MR) is 84.1 cm³/mol. The number of likely N-dealkylation sites (N-methyl/N-ethyl adjacent to an activating group) is 2. The number of fused-ring (bicyclic) bond motifs is 1. The van der Waals surface area contributed by atoms with Gasteiger partial charge in [0.05, 0.1) is 0 Å². The summed E-state index contributed by atoms with van der Waals surface area (Å²) in [5.74, 6) is 0.475. The highest BCUT2D eigenvalue weighted by atomic mass is 35.5. The molecule has 5 heteroatoms. The Bertz CT molecular complexity index is 667. The fraction of sp³-hybridized carbons (Fsp3) is 0.438. The average Bonchev–Trinajstić information content (AvgIpc) is 2.86. The van der Waals surface area contributed by atoms with E-state index < -0.39 is 0 Å². The summed E-state index contributed by atoms with van der Waals surface area (Å²) >= 11 is 5.96. The first kappa shape index (κ1) is 14.6. The number of benzene rings is 1. The van der Waals surface area contributed by atoms with Crippen molar-refractivity contribution in [3.8, 4) is 0 Å². The molecule has 21 heavy (non-hydrogen) atoms. The summed E-state index contributed by atoms with van der Waals surface area (Å²) in [6.45, 7) is 2.95. The number of nitrogens with zero attached hydrogens (tertiary/aromatic N) is 2. The molecule has 0 amide bonds. The van der Waals surface area contributed by atoms with Gasteiger partial charge in [0.1, 0.15) is 5.58 Å². The molecule has 0 spiro atoms. The van der Waals surface area contributed by atoms with E-state index >= 15 is 0 Å². The van der Waals surface area contributed by atoms with Gasteiger partial charge in [0.15, 0.2) is 11.5 Å². The lowest BCUT2D eigenvalue weighted by Crippen LogP contribution is -2.50. The van der Waals surface area contributed by atoms with Gasteiger partial charge in [0.2, 0.25) is 0 Å². The first-order valence-corrected chi connectivity index (χ1v) is 7.52. The van der Waals surface area contributed by atoms with Crippen LogP contribution < -0.4 is 0 Å². The zero-order valence-electron chi connectivity index (χ0n) is 12.3. The van der Waals surface area contributed by atoms with E-state index in [1.165, 1.54) is 0 Å². The standard InChI is InChI=1S/C16H19ClN2O2/c1-18-5-6-19(2)13(10-18)9-14(20)16-8-11-7-12(17)3-4-15(11)21-16/h3-4,7-8,13H,5-6,9-10H2,1-2H3. The average molecular weight is 307 g/mol. The molecular formula is C16H19ClN2O2. The van der Waals surface area contributed by atoms with Crippen LogP contribution in [0.15, 0.2) is 28.7 Å². The normalized spacial score (nSPS) is 21.0. The molecule has 1 saturated heterocycles. The zero-order valence-corrected chi connectivity index (χ0v) is 13.1. The Labute approximate surface area is 129 Å². The minimum atomic E-state index is 0.0504. The van der Waals surface area contributed by atoms with Crippen molar-refractivity contribution in [2.75, 3.05) is 33.7 Å². The first-order valence-electron chi connectivity index (χ1n) is 7.14. The fourth-order valence-corrected chi connectivity index (χ4v) is 2.97. The lowest BCUT2D eigenvalue weighted by atomic mass is 10.0. The molecule has 1 atom stereocenters. The molecule has 1 fully saturated rings. The fourth-order valence-electron chi connectivity index (χ4n) is 2.79. The van der Waals surface area contributed by atoms with Gasteiger partial charge in [-0.2, -0.15) is 0 Å². The summed E-state index contributed by atoms with van der Waals surface area (Å²) in [7, 11) is 4.16. The highest BCUT2D eigenvalue weighted by molar-refractivity contribution is 6.31. The van der Waals surface area contributed by atoms with Crippen molar-refractivity contribution in [3.05, 3.63) is 35.0 Å². The van der Waals surface area contributed by atoms with E-state index in [2.05, 4.69) is 23.9 Å². The van der Waals surface area contributed by atoms with Crippen molar-refractivity contribution < 1.29 is 9.21 Å². The summed E-state index contributed by atoms with van der Waals surface area (Å²) in [6.07, 6.45) is 0.481. The largest absolute Gasteiger partial charge is 0.453 e. The Kier molecular flexibility index (Phi) is 4.02. The van der Waals surface area contributed by atoms with E-state index in [0.717, 1.165) is 25.0 Å². The molecule has 1 aliphatic rings. The predicted octanol–water partition coefficient (Wildman–Crippen LogP) is 2.90. The molecule has 3 rings (SSSR count). The van der Waals surface area contributed by atoms with Gasteiger partial charge in [-0.3, -0.25) is 4.79 Å². The molecule has 2 aromatic rings. The quantitative estimate of drug-likeness (QED) is 0.817. The van der Waals surface area contributed by atoms with Gasteiger partial charge < -0.3 is 14.2 Å². The number of hydrogen-bond donors (Lipinski definition) is 0. The number of carbonyl (C=O) groups excluding carboxylic acids is 1. The van der Waals surface area contributed by atoms with Crippen LogP contribution in [0.4, 0.5) is 0 Å². The van der Waals surface area contributed by atoms with Gasteiger partial charge >= 0.3 is 0 Å². The van der Waals surface area contributed by atoms with Crippen LogP contribution in [0.2, 0.25) is 5.02 Å². The molecule has 0 radical (unpaired) electrons. The molecule has 4 nitrogen and oxygen atoms in total. The van der Waals surface area contributed by atoms with Crippen LogP contribution in [0.1, 0.15) is 17.0 Å². The third kappa shape index (κ3) is 3.12. The lowest BCUT2D eigenvalue weighted by molar-refractivity contribution is 0.0789. The van der Waals surface area contributed by atoms with Crippen LogP contribution >= 0.6 is 11.6 Å². The number of piperazine rings is 1. The summed E-state index contributed by atoms with van der Waals surface area (Å²) in [5, 5.41) is 1.52. The van der Waals surface area contributed by atoms with Crippen molar-refractivity contribution in [2.24, 2.45) is 0 Å². The number of hydrogen-bond acceptors (Lipinski definition) is 4. The number of ketones is 1. The topological polar surface area (TPSA) is 36.7 Å². The maximum absolute atomic E-state index is 12.4. The lowest BCUT2D eigenvalue weighted by Gasteiger charge is -2.37. The smallest absolute Gasteiger partial charge is 0.199 e. The summed E-state index contributed by atoms with van der Waals surface area (Å²) in [4.78, 5) is 17.0. The van der Waals surface area contributed by atoms with Crippen molar-refractivity contribution in [2.45, 2.75) is 12.5 Å². The van der Waals surface area contributed by atoms with Crippen LogP contribution in [0, 0.1) is 0 Å². The zero-order chi connectivity index (χ0) is 15.0. The number of halogens is 1. The van der Waals surface area contributed by atoms with E-state index in [1.807, 2.05) is 6.07 Å². The summed E-state index contributed by atoms with van der Waals surface area (Å²) in [5.41, 5.74) is 0.705. The van der Waals surface area contributed by atoms with Gasteiger partial charge in [-0.05, 0) is 38.4 Å². The number of carbonyl (C=O) groups is 1. The Morgan fingerprint density at radius 3 is 2.95 bits per heavy atom. The molecule has 1 aromatic heterocycles. The second-order valence-corrected chi connectivity index (χ2v) is 6.25. The maximum Gasteiger partial charge on any atom is 0.199 e. The highest BCUT2D eigenvalue weighted by Gasteiger charge is 2.26. The monoisotopic (exact) mass is 306 g/mol. The molecule has 1 aliphatic heterocycles. The van der Waals surface area contributed by atoms with E-state index in [-0.39, 0.29) is 11.8 Å². The van der Waals surface area contributed by atoms with Crippen molar-refractivity contribution >= 4 is 28.4 Å². The maximum atomic E-state index is 12.4. The molecule has 112 valence electrons. The van der Waals surface area contributed by atoms with Crippen LogP contribution in [-0.4, -0.2) is 55.4 Å². The second kappa shape index (κ2) is 5.79. The molecule has 0 aliphatic carbocycles. The van der Waals surface area contributed by atoms with E-state index in [0.29, 0.717) is 22.8 Å². The van der Waals surface area contributed by atoms with Gasteiger partial charge in [0, 0.05) is 42.5 Å². The van der Waals surface area contributed by atoms with E-state index in [4.69, 9.17) is 16.0 Å². The Balaban J connectivity index is 1.77. The molecule has 1 unspecified atom stereocenters. The minimum Gasteiger partial charge on any atom is -0.453 e. The SMILES string of the molecule is CN1CCN(C)C(CC(=O)c2cc3cc(Cl)ccc3o2)C1. The van der Waals surface area contributed by atoms with Crippen LogP contribution in [0.5, 0.6) is 0 Å². The number of Topliss-reactive ketones (excluding diaryl/α,β-unsaturated/α-hetero) is 1. The highest BCUT2D eigenvalue weighted by Crippen LogP contribution is 2.24. The number of rotatable bonds is 3. The molecule has 1 aromatic carbocycles. The molecule has 0 bridgehead atoms. The van der Waals surface area contributed by atoms with E-state index in [1.54, 1.807) is 18.2 Å². The van der Waals surface area contributed by atoms with Crippen LogP contribution in [0.25, 0.3) is 11.0 Å². The first-order chi connectivity index (χ1) is 10.0. The van der Waals surface area contributed by atoms with Crippen molar-refractivity contribution in [1.29, 1.82) is 0 Å². The summed E-state index contributed by atoms with van der Waals surface area (Å²) < 4.78 is 5.65. The van der Waals surface area contributed by atoms with Gasteiger partial charge in [0.25, 0.3) is 0 Å². The molecule has 0 saturated carbocycles. The van der Waals surface area contributed by atoms with Crippen molar-refractivity contribution in [3.63, 3.8) is 0 Å². The Morgan fingerprint density at radius 1 is 1.33 bits per heavy atom. The number of furan rings is 1. The Hall–Kier alpha value is -1.36. The van der Waals surface area contributed by atoms with Crippen molar-refractivity contribution in [1.82, 2.24) is 9.80 Å². The van der Waals surface area contributed by atoms with Gasteiger partial charge in [-0.25, -0.2) is 0 Å².